The lowest BCUT2D eigenvalue weighted by atomic mass is 10.2. The minimum absolute atomic E-state index is 0.236. The van der Waals surface area contributed by atoms with E-state index >= 15 is 0 Å². The number of nitrogen functional groups attached to an aromatic ring is 1. The fourth-order valence-corrected chi connectivity index (χ4v) is 2.00. The van der Waals surface area contributed by atoms with E-state index < -0.39 is 0 Å². The topological polar surface area (TPSA) is 72.9 Å². The van der Waals surface area contributed by atoms with Crippen molar-refractivity contribution in [2.75, 3.05) is 11.1 Å². The largest absolute Gasteiger partial charge is 0.399 e. The van der Waals surface area contributed by atoms with Crippen molar-refractivity contribution in [2.45, 2.75) is 0 Å². The van der Waals surface area contributed by atoms with Crippen LogP contribution in [0.3, 0.4) is 0 Å². The molecule has 0 aliphatic heterocycles. The Bertz CT molecular complexity index is 656. The Morgan fingerprint density at radius 2 is 2.17 bits per heavy atom. The molecule has 2 rings (SSSR count). The van der Waals surface area contributed by atoms with Gasteiger partial charge in [0, 0.05) is 12.7 Å². The molecular weight excluding hydrogens is 320 g/mol. The van der Waals surface area contributed by atoms with Crippen LogP contribution in [0.4, 0.5) is 17.1 Å². The van der Waals surface area contributed by atoms with Gasteiger partial charge in [-0.05, 0) is 34.1 Å². The van der Waals surface area contributed by atoms with Crippen LogP contribution in [0.1, 0.15) is 0 Å². The number of anilines is 3. The highest BCUT2D eigenvalue weighted by Gasteiger charge is 2.09. The smallest absolute Gasteiger partial charge is 0.282 e. The summed E-state index contributed by atoms with van der Waals surface area (Å²) in [7, 11) is 1.57. The van der Waals surface area contributed by atoms with E-state index in [0.717, 1.165) is 0 Å². The molecule has 94 valence electrons. The van der Waals surface area contributed by atoms with Crippen LogP contribution in [0.15, 0.2) is 33.7 Å². The molecule has 0 saturated carbocycles. The molecule has 0 spiro atoms. The molecule has 0 atom stereocenters. The first-order valence-electron chi connectivity index (χ1n) is 5.03. The van der Waals surface area contributed by atoms with Crippen molar-refractivity contribution in [3.63, 3.8) is 0 Å². The summed E-state index contributed by atoms with van der Waals surface area (Å²) < 4.78 is 1.62. The van der Waals surface area contributed by atoms with Gasteiger partial charge in [0.15, 0.2) is 0 Å². The summed E-state index contributed by atoms with van der Waals surface area (Å²) in [6, 6.07) is 5.07. The standard InChI is InChI=1S/C11H10BrClN4O/c1-17-11(18)10(12)9(5-15-17)16-8-4-6(14)2-3-7(8)13/h2-5,16H,14H2,1H3. The van der Waals surface area contributed by atoms with E-state index in [4.69, 9.17) is 17.3 Å². The van der Waals surface area contributed by atoms with E-state index in [2.05, 4.69) is 26.3 Å². The van der Waals surface area contributed by atoms with Crippen LogP contribution >= 0.6 is 27.5 Å². The van der Waals surface area contributed by atoms with Crippen LogP contribution in [0.2, 0.25) is 5.02 Å². The van der Waals surface area contributed by atoms with Gasteiger partial charge in [-0.25, -0.2) is 4.68 Å². The average molecular weight is 330 g/mol. The number of halogens is 2. The van der Waals surface area contributed by atoms with Crippen molar-refractivity contribution in [1.82, 2.24) is 9.78 Å². The normalized spacial score (nSPS) is 10.4. The van der Waals surface area contributed by atoms with Gasteiger partial charge < -0.3 is 11.1 Å². The Labute approximate surface area is 117 Å². The summed E-state index contributed by atoms with van der Waals surface area (Å²) >= 11 is 9.25. The van der Waals surface area contributed by atoms with Gasteiger partial charge in [0.25, 0.3) is 5.56 Å². The van der Waals surface area contributed by atoms with Gasteiger partial charge >= 0.3 is 0 Å². The molecule has 18 heavy (non-hydrogen) atoms. The zero-order valence-corrected chi connectivity index (χ0v) is 11.8. The first-order chi connectivity index (χ1) is 8.49. The second-order valence-corrected chi connectivity index (χ2v) is 4.87. The van der Waals surface area contributed by atoms with E-state index in [0.29, 0.717) is 26.6 Å². The van der Waals surface area contributed by atoms with Crippen LogP contribution < -0.4 is 16.6 Å². The van der Waals surface area contributed by atoms with Crippen molar-refractivity contribution in [1.29, 1.82) is 0 Å². The highest BCUT2D eigenvalue weighted by molar-refractivity contribution is 9.10. The molecule has 1 aromatic heterocycles. The maximum absolute atomic E-state index is 11.7. The van der Waals surface area contributed by atoms with Gasteiger partial charge in [-0.3, -0.25) is 4.79 Å². The molecule has 0 bridgehead atoms. The van der Waals surface area contributed by atoms with E-state index in [-0.39, 0.29) is 5.56 Å². The van der Waals surface area contributed by atoms with Crippen LogP contribution in [-0.4, -0.2) is 9.78 Å². The number of benzene rings is 1. The molecule has 0 fully saturated rings. The molecule has 0 radical (unpaired) electrons. The molecule has 7 heteroatoms. The maximum atomic E-state index is 11.7. The summed E-state index contributed by atoms with van der Waals surface area (Å²) in [5, 5.41) is 7.45. The molecule has 1 heterocycles. The van der Waals surface area contributed by atoms with Gasteiger partial charge in [0.05, 0.1) is 22.6 Å². The Kier molecular flexibility index (Phi) is 3.58. The molecule has 1 aromatic carbocycles. The quantitative estimate of drug-likeness (QED) is 0.830. The van der Waals surface area contributed by atoms with Gasteiger partial charge in [0.1, 0.15) is 4.47 Å². The van der Waals surface area contributed by atoms with Gasteiger partial charge in [-0.15, -0.1) is 0 Å². The monoisotopic (exact) mass is 328 g/mol. The van der Waals surface area contributed by atoms with Crippen LogP contribution in [0.25, 0.3) is 0 Å². The molecule has 0 unspecified atom stereocenters. The Hall–Kier alpha value is -1.53. The second-order valence-electron chi connectivity index (χ2n) is 3.67. The van der Waals surface area contributed by atoms with Gasteiger partial charge in [-0.1, -0.05) is 11.6 Å². The summed E-state index contributed by atoms with van der Waals surface area (Å²) in [4.78, 5) is 11.7. The molecule has 0 saturated heterocycles. The Morgan fingerprint density at radius 1 is 1.44 bits per heavy atom. The third kappa shape index (κ3) is 2.49. The fourth-order valence-electron chi connectivity index (χ4n) is 1.38. The molecule has 0 aliphatic rings. The molecule has 2 aromatic rings. The first-order valence-corrected chi connectivity index (χ1v) is 6.20. The summed E-state index contributed by atoms with van der Waals surface area (Å²) in [6.45, 7) is 0. The SMILES string of the molecule is Cn1ncc(Nc2cc(N)ccc2Cl)c(Br)c1=O. The highest BCUT2D eigenvalue weighted by Crippen LogP contribution is 2.29. The molecule has 0 aliphatic carbocycles. The summed E-state index contributed by atoms with van der Waals surface area (Å²) in [5.41, 5.74) is 7.17. The number of nitrogens with one attached hydrogen (secondary N) is 1. The molecule has 0 amide bonds. The fraction of sp³-hybridized carbons (Fsp3) is 0.0909. The van der Waals surface area contributed by atoms with Crippen molar-refractivity contribution in [3.05, 3.63) is 44.2 Å². The third-order valence-electron chi connectivity index (χ3n) is 2.34. The van der Waals surface area contributed by atoms with Crippen LogP contribution in [-0.2, 0) is 7.05 Å². The Balaban J connectivity index is 2.43. The number of rotatable bonds is 2. The summed E-state index contributed by atoms with van der Waals surface area (Å²) in [6.07, 6.45) is 1.53. The zero-order valence-electron chi connectivity index (χ0n) is 9.45. The average Bonchev–Trinajstić information content (AvgIpc) is 2.34. The van der Waals surface area contributed by atoms with Gasteiger partial charge in [0.2, 0.25) is 0 Å². The van der Waals surface area contributed by atoms with E-state index in [1.165, 1.54) is 10.9 Å². The lowest BCUT2D eigenvalue weighted by Gasteiger charge is -2.10. The van der Waals surface area contributed by atoms with Crippen molar-refractivity contribution in [3.8, 4) is 0 Å². The molecule has 5 nitrogen and oxygen atoms in total. The number of aromatic nitrogens is 2. The van der Waals surface area contributed by atoms with Crippen molar-refractivity contribution in [2.24, 2.45) is 7.05 Å². The molecular formula is C11H10BrClN4O. The maximum Gasteiger partial charge on any atom is 0.282 e. The second kappa shape index (κ2) is 4.99. The van der Waals surface area contributed by atoms with Crippen LogP contribution in [0.5, 0.6) is 0 Å². The number of nitrogens with two attached hydrogens (primary N) is 1. The van der Waals surface area contributed by atoms with Crippen molar-refractivity contribution < 1.29 is 0 Å². The predicted octanol–water partition coefficient (Wildman–Crippen LogP) is 2.52. The predicted molar refractivity (Wildman–Crippen MR) is 76.3 cm³/mol. The highest BCUT2D eigenvalue weighted by atomic mass is 79.9. The van der Waals surface area contributed by atoms with Gasteiger partial charge in [-0.2, -0.15) is 5.10 Å². The van der Waals surface area contributed by atoms with E-state index in [9.17, 15) is 4.79 Å². The minimum Gasteiger partial charge on any atom is -0.399 e. The number of nitrogens with zero attached hydrogens (tertiary/aromatic N) is 2. The third-order valence-corrected chi connectivity index (χ3v) is 3.43. The zero-order chi connectivity index (χ0) is 13.3. The summed E-state index contributed by atoms with van der Waals surface area (Å²) in [5.74, 6) is 0. The lowest BCUT2D eigenvalue weighted by molar-refractivity contribution is 0.704. The van der Waals surface area contributed by atoms with Crippen LogP contribution in [0, 0.1) is 0 Å². The number of hydrogen-bond donors (Lipinski definition) is 2. The lowest BCUT2D eigenvalue weighted by Crippen LogP contribution is -2.20. The number of aryl methyl sites for hydroxylation is 1. The van der Waals surface area contributed by atoms with E-state index in [1.54, 1.807) is 25.2 Å². The molecule has 3 N–H and O–H groups in total. The van der Waals surface area contributed by atoms with Crippen molar-refractivity contribution >= 4 is 44.6 Å². The first kappa shape index (κ1) is 12.9. The number of hydrogen-bond acceptors (Lipinski definition) is 4. The van der Waals surface area contributed by atoms with E-state index in [1.807, 2.05) is 0 Å². The minimum atomic E-state index is -0.236. The Morgan fingerprint density at radius 3 is 2.89 bits per heavy atom.